The first-order valence-corrected chi connectivity index (χ1v) is 6.55. The van der Waals surface area contributed by atoms with Crippen LogP contribution in [0.1, 0.15) is 22.2 Å². The van der Waals surface area contributed by atoms with Gasteiger partial charge in [0, 0.05) is 22.0 Å². The van der Waals surface area contributed by atoms with Gasteiger partial charge in [-0.25, -0.2) is 4.39 Å². The molecule has 0 aliphatic rings. The second-order valence-electron chi connectivity index (χ2n) is 3.92. The topological polar surface area (TPSA) is 35.8 Å². The average molecular weight is 260 g/mol. The molecule has 0 radical (unpaired) electrons. The van der Waals surface area contributed by atoms with Gasteiger partial charge in [0.1, 0.15) is 5.82 Å². The van der Waals surface area contributed by atoms with Gasteiger partial charge in [0.05, 0.1) is 11.6 Å². The molecule has 0 spiro atoms. The molecule has 0 aliphatic carbocycles. The number of rotatable bonds is 4. The smallest absolute Gasteiger partial charge is 0.126 e. The minimum Gasteiger partial charge on any atom is -0.380 e. The molecule has 0 bridgehead atoms. The minimum absolute atomic E-state index is 0.331. The van der Waals surface area contributed by atoms with Crippen LogP contribution in [0.5, 0.6) is 0 Å². The maximum Gasteiger partial charge on any atom is 0.126 e. The Labute approximate surface area is 110 Å². The summed E-state index contributed by atoms with van der Waals surface area (Å²) in [5.41, 5.74) is 0.968. The van der Waals surface area contributed by atoms with Gasteiger partial charge < -0.3 is 5.32 Å². The van der Waals surface area contributed by atoms with E-state index in [9.17, 15) is 4.39 Å². The van der Waals surface area contributed by atoms with Crippen LogP contribution < -0.4 is 5.32 Å². The number of nitrogens with zero attached hydrogens (tertiary/aromatic N) is 1. The number of nitrogens with one attached hydrogen (secondary N) is 1. The quantitative estimate of drug-likeness (QED) is 0.904. The van der Waals surface area contributed by atoms with Crippen molar-refractivity contribution in [3.8, 4) is 6.07 Å². The van der Waals surface area contributed by atoms with E-state index >= 15 is 0 Å². The van der Waals surface area contributed by atoms with Gasteiger partial charge in [-0.3, -0.25) is 0 Å². The predicted octanol–water partition coefficient (Wildman–Crippen LogP) is 3.93. The SMILES string of the molecule is CCc1ccc(CNc2cc(F)cc(C#N)c2)s1. The first-order valence-electron chi connectivity index (χ1n) is 5.73. The molecule has 92 valence electrons. The third-order valence-corrected chi connectivity index (χ3v) is 3.79. The molecule has 0 amide bonds. The lowest BCUT2D eigenvalue weighted by Crippen LogP contribution is -1.98. The van der Waals surface area contributed by atoms with Gasteiger partial charge in [0.25, 0.3) is 0 Å². The first-order chi connectivity index (χ1) is 8.71. The van der Waals surface area contributed by atoms with E-state index in [-0.39, 0.29) is 0 Å². The number of benzene rings is 1. The summed E-state index contributed by atoms with van der Waals surface area (Å²) in [4.78, 5) is 2.54. The molecule has 0 saturated heterocycles. The van der Waals surface area contributed by atoms with Crippen LogP contribution in [-0.2, 0) is 13.0 Å². The Bertz CT molecular complexity index is 584. The highest BCUT2D eigenvalue weighted by atomic mass is 32.1. The normalized spacial score (nSPS) is 10.1. The molecule has 0 saturated carbocycles. The van der Waals surface area contributed by atoms with Crippen molar-refractivity contribution < 1.29 is 4.39 Å². The van der Waals surface area contributed by atoms with E-state index in [1.807, 2.05) is 6.07 Å². The predicted molar refractivity (Wildman–Crippen MR) is 72.1 cm³/mol. The Morgan fingerprint density at radius 2 is 2.06 bits per heavy atom. The fraction of sp³-hybridized carbons (Fsp3) is 0.214. The number of halogens is 1. The van der Waals surface area contributed by atoms with Crippen molar-refractivity contribution in [1.82, 2.24) is 0 Å². The van der Waals surface area contributed by atoms with E-state index < -0.39 is 5.82 Å². The zero-order valence-corrected chi connectivity index (χ0v) is 10.9. The largest absolute Gasteiger partial charge is 0.380 e. The number of hydrogen-bond donors (Lipinski definition) is 1. The van der Waals surface area contributed by atoms with Gasteiger partial charge in [-0.2, -0.15) is 5.26 Å². The second-order valence-corrected chi connectivity index (χ2v) is 5.17. The summed E-state index contributed by atoms with van der Waals surface area (Å²) in [6.07, 6.45) is 1.03. The van der Waals surface area contributed by atoms with Crippen molar-refractivity contribution in [1.29, 1.82) is 5.26 Å². The molecule has 2 rings (SSSR count). The van der Waals surface area contributed by atoms with E-state index in [2.05, 4.69) is 24.4 Å². The fourth-order valence-electron chi connectivity index (χ4n) is 1.65. The summed E-state index contributed by atoms with van der Waals surface area (Å²) < 4.78 is 13.2. The summed E-state index contributed by atoms with van der Waals surface area (Å²) in [5.74, 6) is -0.392. The molecule has 0 fully saturated rings. The van der Waals surface area contributed by atoms with Gasteiger partial charge in [-0.15, -0.1) is 11.3 Å². The van der Waals surface area contributed by atoms with Crippen molar-refractivity contribution in [2.75, 3.05) is 5.32 Å². The van der Waals surface area contributed by atoms with Crippen LogP contribution in [0, 0.1) is 17.1 Å². The Morgan fingerprint density at radius 3 is 2.72 bits per heavy atom. The maximum atomic E-state index is 13.2. The van der Waals surface area contributed by atoms with Crippen LogP contribution in [0.4, 0.5) is 10.1 Å². The zero-order chi connectivity index (χ0) is 13.0. The second kappa shape index (κ2) is 5.65. The highest BCUT2D eigenvalue weighted by Crippen LogP contribution is 2.19. The number of thiophene rings is 1. The van der Waals surface area contributed by atoms with E-state index in [0.717, 1.165) is 6.42 Å². The molecule has 2 aromatic rings. The van der Waals surface area contributed by atoms with Gasteiger partial charge in [-0.1, -0.05) is 6.92 Å². The Balaban J connectivity index is 2.06. The maximum absolute atomic E-state index is 13.2. The Kier molecular flexibility index (Phi) is 3.96. The summed E-state index contributed by atoms with van der Waals surface area (Å²) in [6.45, 7) is 2.77. The molecular weight excluding hydrogens is 247 g/mol. The lowest BCUT2D eigenvalue weighted by molar-refractivity contribution is 0.627. The van der Waals surface area contributed by atoms with Crippen molar-refractivity contribution in [3.63, 3.8) is 0 Å². The molecule has 1 heterocycles. The number of aryl methyl sites for hydroxylation is 1. The zero-order valence-electron chi connectivity index (χ0n) is 10.0. The third-order valence-electron chi connectivity index (χ3n) is 2.56. The molecule has 2 nitrogen and oxygen atoms in total. The summed E-state index contributed by atoms with van der Waals surface area (Å²) >= 11 is 1.75. The molecule has 0 atom stereocenters. The summed E-state index contributed by atoms with van der Waals surface area (Å²) in [7, 11) is 0. The van der Waals surface area contributed by atoms with Gasteiger partial charge >= 0.3 is 0 Å². The summed E-state index contributed by atoms with van der Waals surface area (Å²) in [6, 6.07) is 10.4. The van der Waals surface area contributed by atoms with Crippen LogP contribution in [0.3, 0.4) is 0 Å². The lowest BCUT2D eigenvalue weighted by Gasteiger charge is -2.05. The molecular formula is C14H13FN2S. The van der Waals surface area contributed by atoms with Crippen molar-refractivity contribution in [2.45, 2.75) is 19.9 Å². The monoisotopic (exact) mass is 260 g/mol. The lowest BCUT2D eigenvalue weighted by atomic mass is 10.2. The van der Waals surface area contributed by atoms with E-state index in [4.69, 9.17) is 5.26 Å². The van der Waals surface area contributed by atoms with Crippen LogP contribution >= 0.6 is 11.3 Å². The van der Waals surface area contributed by atoms with Crippen molar-refractivity contribution >= 4 is 17.0 Å². The molecule has 0 unspecified atom stereocenters. The van der Waals surface area contributed by atoms with E-state index in [0.29, 0.717) is 17.8 Å². The number of anilines is 1. The van der Waals surface area contributed by atoms with Gasteiger partial charge in [0.15, 0.2) is 0 Å². The third kappa shape index (κ3) is 3.08. The highest BCUT2D eigenvalue weighted by molar-refractivity contribution is 7.12. The first kappa shape index (κ1) is 12.6. The van der Waals surface area contributed by atoms with Crippen molar-refractivity contribution in [2.24, 2.45) is 0 Å². The van der Waals surface area contributed by atoms with Gasteiger partial charge in [-0.05, 0) is 36.8 Å². The van der Waals surface area contributed by atoms with Crippen LogP contribution in [0.2, 0.25) is 0 Å². The standard InChI is InChI=1S/C14H13FN2S/c1-2-13-3-4-14(18-13)9-17-12-6-10(8-16)5-11(15)7-12/h3-7,17H,2,9H2,1H3. The molecule has 1 aromatic carbocycles. The van der Waals surface area contributed by atoms with Gasteiger partial charge in [0.2, 0.25) is 0 Å². The number of hydrogen-bond acceptors (Lipinski definition) is 3. The molecule has 4 heteroatoms. The van der Waals surface area contributed by atoms with Crippen molar-refractivity contribution in [3.05, 3.63) is 51.5 Å². The molecule has 18 heavy (non-hydrogen) atoms. The van der Waals surface area contributed by atoms with Crippen LogP contribution in [0.15, 0.2) is 30.3 Å². The highest BCUT2D eigenvalue weighted by Gasteiger charge is 2.02. The Morgan fingerprint density at radius 1 is 1.28 bits per heavy atom. The summed E-state index contributed by atoms with van der Waals surface area (Å²) in [5, 5.41) is 11.9. The minimum atomic E-state index is -0.392. The van der Waals surface area contributed by atoms with E-state index in [1.165, 1.54) is 21.9 Å². The van der Waals surface area contributed by atoms with E-state index in [1.54, 1.807) is 17.4 Å². The fourth-order valence-corrected chi connectivity index (χ4v) is 2.55. The van der Waals surface area contributed by atoms with Crippen LogP contribution in [0.25, 0.3) is 0 Å². The molecule has 0 aliphatic heterocycles. The molecule has 1 N–H and O–H groups in total. The average Bonchev–Trinajstić information content (AvgIpc) is 2.83. The molecule has 1 aromatic heterocycles. The Hall–Kier alpha value is -1.86. The number of nitriles is 1. The van der Waals surface area contributed by atoms with Crippen LogP contribution in [-0.4, -0.2) is 0 Å².